The molecule has 0 amide bonds. The number of ether oxygens (including phenoxy) is 2. The lowest BCUT2D eigenvalue weighted by Crippen LogP contribution is -2.40. The van der Waals surface area contributed by atoms with Gasteiger partial charge in [-0.05, 0) is 49.4 Å². The summed E-state index contributed by atoms with van der Waals surface area (Å²) in [5.74, 6) is 1.65. The van der Waals surface area contributed by atoms with Crippen molar-refractivity contribution >= 4 is 15.7 Å². The van der Waals surface area contributed by atoms with E-state index in [4.69, 9.17) is 14.0 Å². The summed E-state index contributed by atoms with van der Waals surface area (Å²) >= 11 is 0. The van der Waals surface area contributed by atoms with E-state index in [9.17, 15) is 8.42 Å². The molecular formula is C21H24N4O5S. The van der Waals surface area contributed by atoms with Gasteiger partial charge in [-0.2, -0.15) is 9.29 Å². The molecule has 1 saturated heterocycles. The minimum absolute atomic E-state index is 0.236. The molecule has 0 saturated carbocycles. The molecule has 0 spiro atoms. The molecule has 2 aromatic carbocycles. The van der Waals surface area contributed by atoms with Gasteiger partial charge < -0.3 is 19.3 Å². The summed E-state index contributed by atoms with van der Waals surface area (Å²) in [6.07, 6.45) is 0. The van der Waals surface area contributed by atoms with Crippen LogP contribution in [0.2, 0.25) is 0 Å². The third-order valence-corrected chi connectivity index (χ3v) is 6.67. The molecule has 0 atom stereocenters. The Morgan fingerprint density at radius 2 is 1.90 bits per heavy atom. The van der Waals surface area contributed by atoms with E-state index < -0.39 is 10.0 Å². The highest BCUT2D eigenvalue weighted by atomic mass is 32.2. The van der Waals surface area contributed by atoms with Gasteiger partial charge in [0.1, 0.15) is 5.75 Å². The van der Waals surface area contributed by atoms with Gasteiger partial charge in [0.2, 0.25) is 21.7 Å². The zero-order valence-electron chi connectivity index (χ0n) is 17.2. The molecule has 1 N–H and O–H groups in total. The summed E-state index contributed by atoms with van der Waals surface area (Å²) in [7, 11) is -3.56. The van der Waals surface area contributed by atoms with Gasteiger partial charge in [-0.25, -0.2) is 8.42 Å². The number of hydrogen-bond acceptors (Lipinski definition) is 8. The first-order valence-corrected chi connectivity index (χ1v) is 11.5. The summed E-state index contributed by atoms with van der Waals surface area (Å²) in [4.78, 5) is 4.63. The van der Waals surface area contributed by atoms with E-state index in [0.717, 1.165) is 11.3 Å². The Labute approximate surface area is 181 Å². The predicted octanol–water partition coefficient (Wildman–Crippen LogP) is 2.77. The van der Waals surface area contributed by atoms with E-state index in [1.54, 1.807) is 24.3 Å². The van der Waals surface area contributed by atoms with Crippen molar-refractivity contribution in [3.63, 3.8) is 0 Å². The van der Waals surface area contributed by atoms with Crippen LogP contribution >= 0.6 is 0 Å². The second kappa shape index (κ2) is 9.46. The van der Waals surface area contributed by atoms with Crippen molar-refractivity contribution in [2.24, 2.45) is 0 Å². The number of anilines is 1. The molecule has 0 bridgehead atoms. The first-order chi connectivity index (χ1) is 15.1. The maximum absolute atomic E-state index is 12.8. The predicted molar refractivity (Wildman–Crippen MR) is 114 cm³/mol. The largest absolute Gasteiger partial charge is 0.494 e. The molecule has 9 nitrogen and oxygen atoms in total. The van der Waals surface area contributed by atoms with Crippen LogP contribution in [0.4, 0.5) is 5.69 Å². The molecule has 0 radical (unpaired) electrons. The zero-order valence-corrected chi connectivity index (χ0v) is 18.0. The lowest BCUT2D eigenvalue weighted by atomic mass is 10.2. The fourth-order valence-electron chi connectivity index (χ4n) is 3.19. The van der Waals surface area contributed by atoms with Crippen molar-refractivity contribution in [3.05, 3.63) is 54.4 Å². The Morgan fingerprint density at radius 1 is 1.13 bits per heavy atom. The number of morpholine rings is 1. The molecule has 1 aliphatic heterocycles. The van der Waals surface area contributed by atoms with E-state index in [1.165, 1.54) is 4.31 Å². The fourth-order valence-corrected chi connectivity index (χ4v) is 4.65. The molecule has 3 aromatic rings. The SMILES string of the molecule is CCOc1ccc(-c2noc(CNc3cccc(S(=O)(=O)N4CCOCC4)c3)n2)cc1. The van der Waals surface area contributed by atoms with Gasteiger partial charge >= 0.3 is 0 Å². The van der Waals surface area contributed by atoms with Crippen LogP contribution in [0.5, 0.6) is 5.75 Å². The van der Waals surface area contributed by atoms with Gasteiger partial charge in [-0.15, -0.1) is 0 Å². The Kier molecular flexibility index (Phi) is 6.50. The molecule has 2 heterocycles. The molecule has 1 fully saturated rings. The van der Waals surface area contributed by atoms with Crippen LogP contribution in [-0.4, -0.2) is 55.8 Å². The normalized spacial score (nSPS) is 15.0. The molecule has 164 valence electrons. The minimum Gasteiger partial charge on any atom is -0.494 e. The highest BCUT2D eigenvalue weighted by molar-refractivity contribution is 7.89. The number of rotatable bonds is 8. The second-order valence-corrected chi connectivity index (χ2v) is 8.80. The molecular weight excluding hydrogens is 420 g/mol. The average Bonchev–Trinajstić information content (AvgIpc) is 3.28. The first kappa shape index (κ1) is 21.3. The van der Waals surface area contributed by atoms with E-state index in [1.807, 2.05) is 31.2 Å². The van der Waals surface area contributed by atoms with Gasteiger partial charge in [0.15, 0.2) is 0 Å². The number of benzene rings is 2. The molecule has 4 rings (SSSR count). The minimum atomic E-state index is -3.56. The molecule has 10 heteroatoms. The Balaban J connectivity index is 1.41. The smallest absolute Gasteiger partial charge is 0.246 e. The first-order valence-electron chi connectivity index (χ1n) is 10.0. The molecule has 0 aliphatic carbocycles. The van der Waals surface area contributed by atoms with Gasteiger partial charge in [-0.1, -0.05) is 11.2 Å². The number of aromatic nitrogens is 2. The summed E-state index contributed by atoms with van der Waals surface area (Å²) in [5, 5.41) is 7.15. The average molecular weight is 445 g/mol. The summed E-state index contributed by atoms with van der Waals surface area (Å²) < 4.78 is 43.1. The number of hydrogen-bond donors (Lipinski definition) is 1. The lowest BCUT2D eigenvalue weighted by Gasteiger charge is -2.26. The summed E-state index contributed by atoms with van der Waals surface area (Å²) in [6, 6.07) is 14.1. The van der Waals surface area contributed by atoms with E-state index >= 15 is 0 Å². The van der Waals surface area contributed by atoms with Crippen LogP contribution in [0.3, 0.4) is 0 Å². The van der Waals surface area contributed by atoms with E-state index in [2.05, 4.69) is 15.5 Å². The Morgan fingerprint density at radius 3 is 2.65 bits per heavy atom. The van der Waals surface area contributed by atoms with Gasteiger partial charge in [0.25, 0.3) is 0 Å². The molecule has 1 aromatic heterocycles. The van der Waals surface area contributed by atoms with E-state index in [0.29, 0.717) is 50.3 Å². The Hall–Kier alpha value is -2.95. The highest BCUT2D eigenvalue weighted by Gasteiger charge is 2.26. The van der Waals surface area contributed by atoms with Crippen molar-refractivity contribution in [1.82, 2.24) is 14.4 Å². The standard InChI is InChI=1S/C21H24N4O5S/c1-2-29-18-8-6-16(7-9-18)21-23-20(30-24-21)15-22-17-4-3-5-19(14-17)31(26,27)25-10-12-28-13-11-25/h3-9,14,22H,2,10-13,15H2,1H3. The number of nitrogens with one attached hydrogen (secondary N) is 1. The van der Waals surface area contributed by atoms with Crippen LogP contribution in [0, 0.1) is 0 Å². The lowest BCUT2D eigenvalue weighted by molar-refractivity contribution is 0.0730. The molecule has 0 unspecified atom stereocenters. The third kappa shape index (κ3) is 5.04. The highest BCUT2D eigenvalue weighted by Crippen LogP contribution is 2.22. The topological polar surface area (TPSA) is 107 Å². The van der Waals surface area contributed by atoms with Gasteiger partial charge in [0, 0.05) is 24.3 Å². The van der Waals surface area contributed by atoms with Crippen molar-refractivity contribution in [2.45, 2.75) is 18.4 Å². The zero-order chi connectivity index (χ0) is 21.7. The maximum Gasteiger partial charge on any atom is 0.246 e. The quantitative estimate of drug-likeness (QED) is 0.565. The number of sulfonamides is 1. The Bertz CT molecular complexity index is 1110. The van der Waals surface area contributed by atoms with Crippen molar-refractivity contribution in [3.8, 4) is 17.1 Å². The monoisotopic (exact) mass is 444 g/mol. The van der Waals surface area contributed by atoms with Crippen LogP contribution < -0.4 is 10.1 Å². The number of nitrogens with zero attached hydrogens (tertiary/aromatic N) is 3. The van der Waals surface area contributed by atoms with Crippen LogP contribution in [0.25, 0.3) is 11.4 Å². The second-order valence-electron chi connectivity index (χ2n) is 6.87. The molecule has 31 heavy (non-hydrogen) atoms. The molecule has 1 aliphatic rings. The third-order valence-electron chi connectivity index (χ3n) is 4.78. The fraction of sp³-hybridized carbons (Fsp3) is 0.333. The summed E-state index contributed by atoms with van der Waals surface area (Å²) in [6.45, 7) is 4.33. The van der Waals surface area contributed by atoms with E-state index in [-0.39, 0.29) is 11.4 Å². The summed E-state index contributed by atoms with van der Waals surface area (Å²) in [5.41, 5.74) is 1.47. The van der Waals surface area contributed by atoms with Gasteiger partial charge in [-0.3, -0.25) is 0 Å². The van der Waals surface area contributed by atoms with Crippen LogP contribution in [-0.2, 0) is 21.3 Å². The van der Waals surface area contributed by atoms with Crippen LogP contribution in [0.15, 0.2) is 57.9 Å². The van der Waals surface area contributed by atoms with Crippen LogP contribution in [0.1, 0.15) is 12.8 Å². The van der Waals surface area contributed by atoms with Crippen molar-refractivity contribution < 1.29 is 22.4 Å². The van der Waals surface area contributed by atoms with Gasteiger partial charge in [0.05, 0.1) is 31.3 Å². The van der Waals surface area contributed by atoms with Crippen molar-refractivity contribution in [1.29, 1.82) is 0 Å². The van der Waals surface area contributed by atoms with Crippen molar-refractivity contribution in [2.75, 3.05) is 38.2 Å². The maximum atomic E-state index is 12.8.